The van der Waals surface area contributed by atoms with E-state index in [2.05, 4.69) is 44.2 Å². The van der Waals surface area contributed by atoms with Gasteiger partial charge in [-0.15, -0.1) is 0 Å². The van der Waals surface area contributed by atoms with E-state index in [9.17, 15) is 24.3 Å². The van der Waals surface area contributed by atoms with Gasteiger partial charge >= 0.3 is 24.1 Å². The molecular formula is C56H80N6O9. The molecule has 0 atom stereocenters. The molecule has 2 saturated heterocycles. The smallest absolute Gasteiger partial charge is 0.410 e. The third-order valence-electron chi connectivity index (χ3n) is 12.1. The molecule has 0 bridgehead atoms. The zero-order valence-electron chi connectivity index (χ0n) is 43.1. The number of amides is 2. The van der Waals surface area contributed by atoms with Gasteiger partial charge in [-0.3, -0.25) is 29.5 Å². The van der Waals surface area contributed by atoms with Crippen LogP contribution in [0.5, 0.6) is 0 Å². The Labute approximate surface area is 422 Å². The topological polar surface area (TPSA) is 194 Å². The fraction of sp³-hybridized carbons (Fsp3) is 0.571. The zero-order valence-corrected chi connectivity index (χ0v) is 43.1. The number of carboxylic acids is 1. The van der Waals surface area contributed by atoms with Gasteiger partial charge in [0.25, 0.3) is 0 Å². The summed E-state index contributed by atoms with van der Waals surface area (Å²) in [6, 6.07) is 16.1. The second-order valence-electron chi connectivity index (χ2n) is 20.5. The Morgan fingerprint density at radius 3 is 1.17 bits per heavy atom. The quantitative estimate of drug-likeness (QED) is 0.0666. The first kappa shape index (κ1) is 57.6. The molecule has 0 aliphatic carbocycles. The van der Waals surface area contributed by atoms with Gasteiger partial charge in [0.1, 0.15) is 17.3 Å². The number of carbonyl (C=O) groups excluding carboxylic acids is 3. The average Bonchev–Trinajstić information content (AvgIpc) is 3.34. The van der Waals surface area contributed by atoms with E-state index in [1.807, 2.05) is 90.6 Å². The molecule has 6 rings (SSSR count). The van der Waals surface area contributed by atoms with Gasteiger partial charge < -0.3 is 34.2 Å². The Kier molecular flexibility index (Phi) is 24.9. The van der Waals surface area contributed by atoms with Gasteiger partial charge in [0.15, 0.2) is 0 Å². The van der Waals surface area contributed by atoms with E-state index in [4.69, 9.17) is 19.3 Å². The number of esters is 1. The van der Waals surface area contributed by atoms with Crippen molar-refractivity contribution in [3.8, 4) is 0 Å². The molecule has 388 valence electrons. The van der Waals surface area contributed by atoms with E-state index in [0.717, 1.165) is 77.0 Å². The summed E-state index contributed by atoms with van der Waals surface area (Å²) in [5.74, 6) is -1.41. The lowest BCUT2D eigenvalue weighted by molar-refractivity contribution is -0.156. The Morgan fingerprint density at radius 2 is 0.873 bits per heavy atom. The number of hydrogen-bond acceptors (Lipinski definition) is 12. The average molecular weight is 981 g/mol. The number of carbonyl (C=O) groups is 4. The third-order valence-corrected chi connectivity index (χ3v) is 12.1. The van der Waals surface area contributed by atoms with E-state index in [1.54, 1.807) is 34.6 Å². The Bertz CT molecular complexity index is 2010. The van der Waals surface area contributed by atoms with Crippen molar-refractivity contribution in [1.82, 2.24) is 29.7 Å². The SMILES string of the molecule is CC(C)(C)OC(=O)N1CCC(C(=O)O)CC1.CC(C)(C)OC(=O)N1CCC(C(=O)OC(CCCc2cccnc2)CCCc2cccnc2)CC1.OC(CCCc1cccnc1)CCCc1cccnc1. The number of aliphatic hydroxyl groups is 1. The maximum absolute atomic E-state index is 13.0. The number of pyridine rings is 4. The van der Waals surface area contributed by atoms with Crippen LogP contribution in [0.15, 0.2) is 98.1 Å². The molecular weight excluding hydrogens is 901 g/mol. The molecule has 71 heavy (non-hydrogen) atoms. The van der Waals surface area contributed by atoms with Crippen LogP contribution >= 0.6 is 0 Å². The lowest BCUT2D eigenvalue weighted by Crippen LogP contribution is -2.43. The second-order valence-corrected chi connectivity index (χ2v) is 20.5. The molecule has 2 N–H and O–H groups in total. The number of carboxylic acid groups (broad SMARTS) is 1. The van der Waals surface area contributed by atoms with Crippen LogP contribution in [-0.2, 0) is 49.5 Å². The zero-order chi connectivity index (χ0) is 51.5. The molecule has 4 aromatic heterocycles. The van der Waals surface area contributed by atoms with Crippen molar-refractivity contribution in [2.75, 3.05) is 26.2 Å². The van der Waals surface area contributed by atoms with Gasteiger partial charge in [-0.1, -0.05) is 24.3 Å². The van der Waals surface area contributed by atoms with Crippen molar-refractivity contribution in [2.24, 2.45) is 11.8 Å². The standard InChI is InChI=1S/C28H39N3O4.C17H22N2O.C11H19NO4/c1-28(2,3)35-27(33)31-18-14-24(15-19-31)26(32)34-25(12-4-8-22-10-6-16-29-20-22)13-5-9-23-11-7-17-30-21-23;20-17(9-1-5-15-7-3-11-18-13-15)10-2-6-16-8-4-12-19-14-16;1-11(2,3)16-10(15)12-6-4-8(5-7-12)9(13)14/h6-7,10-11,16-17,20-21,24-25H,4-5,8-9,12-15,18-19H2,1-3H3;3-4,7-8,11-14,17,20H,1-2,5-6,9-10H2;8H,4-7H2,1-3H3,(H,13,14). The fourth-order valence-electron chi connectivity index (χ4n) is 8.26. The molecule has 2 aliphatic heterocycles. The number of aryl methyl sites for hydroxylation is 4. The second kappa shape index (κ2) is 30.7. The first-order valence-corrected chi connectivity index (χ1v) is 25.6. The number of ether oxygens (including phenoxy) is 3. The first-order valence-electron chi connectivity index (χ1n) is 25.6. The molecule has 0 unspecified atom stereocenters. The molecule has 0 saturated carbocycles. The summed E-state index contributed by atoms with van der Waals surface area (Å²) >= 11 is 0. The highest BCUT2D eigenvalue weighted by molar-refractivity contribution is 5.74. The highest BCUT2D eigenvalue weighted by Crippen LogP contribution is 2.24. The van der Waals surface area contributed by atoms with Crippen molar-refractivity contribution in [3.05, 3.63) is 120 Å². The number of hydrogen-bond donors (Lipinski definition) is 2. The number of piperidine rings is 2. The van der Waals surface area contributed by atoms with Crippen LogP contribution in [0, 0.1) is 11.8 Å². The number of aliphatic carboxylic acids is 1. The molecule has 0 radical (unpaired) electrons. The first-order chi connectivity index (χ1) is 33.9. The summed E-state index contributed by atoms with van der Waals surface area (Å²) in [4.78, 5) is 67.5. The Balaban J connectivity index is 0.000000256. The minimum atomic E-state index is -0.774. The minimum absolute atomic E-state index is 0.111. The largest absolute Gasteiger partial charge is 0.481 e. The number of aliphatic hydroxyl groups excluding tert-OH is 1. The fourth-order valence-corrected chi connectivity index (χ4v) is 8.26. The summed E-state index contributed by atoms with van der Waals surface area (Å²) < 4.78 is 16.7. The Morgan fingerprint density at radius 1 is 0.549 bits per heavy atom. The van der Waals surface area contributed by atoms with Crippen LogP contribution in [0.25, 0.3) is 0 Å². The maximum atomic E-state index is 13.0. The molecule has 15 nitrogen and oxygen atoms in total. The van der Waals surface area contributed by atoms with Crippen LogP contribution in [-0.4, -0.2) is 114 Å². The summed E-state index contributed by atoms with van der Waals surface area (Å²) in [6.45, 7) is 13.0. The van der Waals surface area contributed by atoms with E-state index in [-0.39, 0.29) is 42.2 Å². The van der Waals surface area contributed by atoms with Crippen LogP contribution < -0.4 is 0 Å². The number of rotatable bonds is 19. The summed E-state index contributed by atoms with van der Waals surface area (Å²) in [5.41, 5.74) is 3.86. The molecule has 0 aromatic carbocycles. The minimum Gasteiger partial charge on any atom is -0.481 e. The van der Waals surface area contributed by atoms with E-state index < -0.39 is 17.2 Å². The summed E-state index contributed by atoms with van der Waals surface area (Å²) in [5, 5.41) is 18.8. The van der Waals surface area contributed by atoms with Crippen molar-refractivity contribution >= 4 is 24.1 Å². The highest BCUT2D eigenvalue weighted by atomic mass is 16.6. The molecule has 4 aromatic rings. The lowest BCUT2D eigenvalue weighted by atomic mass is 9.96. The predicted octanol–water partition coefficient (Wildman–Crippen LogP) is 10.3. The molecule has 2 amide bonds. The molecule has 2 aliphatic rings. The van der Waals surface area contributed by atoms with E-state index >= 15 is 0 Å². The van der Waals surface area contributed by atoms with Gasteiger partial charge in [-0.25, -0.2) is 9.59 Å². The van der Waals surface area contributed by atoms with Crippen molar-refractivity contribution in [3.63, 3.8) is 0 Å². The Hall–Kier alpha value is -5.96. The van der Waals surface area contributed by atoms with Gasteiger partial charge in [-0.2, -0.15) is 0 Å². The molecule has 2 fully saturated rings. The number of nitrogens with zero attached hydrogens (tertiary/aromatic N) is 6. The molecule has 6 heterocycles. The number of likely N-dealkylation sites (tertiary alicyclic amines) is 2. The third kappa shape index (κ3) is 24.6. The monoisotopic (exact) mass is 981 g/mol. The van der Waals surface area contributed by atoms with Crippen LogP contribution in [0.1, 0.15) is 141 Å². The molecule has 15 heteroatoms. The van der Waals surface area contributed by atoms with Crippen LogP contribution in [0.3, 0.4) is 0 Å². The van der Waals surface area contributed by atoms with Crippen molar-refractivity contribution in [1.29, 1.82) is 0 Å². The maximum Gasteiger partial charge on any atom is 0.410 e. The predicted molar refractivity (Wildman–Crippen MR) is 273 cm³/mol. The summed E-state index contributed by atoms with van der Waals surface area (Å²) in [7, 11) is 0. The van der Waals surface area contributed by atoms with Gasteiger partial charge in [0.2, 0.25) is 0 Å². The van der Waals surface area contributed by atoms with E-state index in [1.165, 1.54) is 22.3 Å². The normalized spacial score (nSPS) is 14.4. The van der Waals surface area contributed by atoms with Crippen molar-refractivity contribution in [2.45, 2.75) is 168 Å². The van der Waals surface area contributed by atoms with E-state index in [0.29, 0.717) is 51.9 Å². The summed E-state index contributed by atoms with van der Waals surface area (Å²) in [6.07, 6.45) is 27.1. The molecule has 0 spiro atoms. The van der Waals surface area contributed by atoms with Gasteiger partial charge in [0.05, 0.1) is 17.9 Å². The van der Waals surface area contributed by atoms with Gasteiger partial charge in [-0.05, 0) is 191 Å². The van der Waals surface area contributed by atoms with Crippen LogP contribution in [0.4, 0.5) is 9.59 Å². The lowest BCUT2D eigenvalue weighted by Gasteiger charge is -2.33. The number of aromatic nitrogens is 4. The van der Waals surface area contributed by atoms with Crippen LogP contribution in [0.2, 0.25) is 0 Å². The van der Waals surface area contributed by atoms with Gasteiger partial charge in [0, 0.05) is 75.8 Å². The van der Waals surface area contributed by atoms with Crippen molar-refractivity contribution < 1.29 is 43.6 Å². The highest BCUT2D eigenvalue weighted by Gasteiger charge is 2.32.